The summed E-state index contributed by atoms with van der Waals surface area (Å²) in [6.45, 7) is 1.85. The van der Waals surface area contributed by atoms with Gasteiger partial charge in [0, 0.05) is 16.9 Å². The van der Waals surface area contributed by atoms with Gasteiger partial charge in [0.15, 0.2) is 11.5 Å². The fraction of sp³-hybridized carbons (Fsp3) is 0.133. The summed E-state index contributed by atoms with van der Waals surface area (Å²) in [5.41, 5.74) is 1.41. The highest BCUT2D eigenvalue weighted by atomic mass is 35.5. The van der Waals surface area contributed by atoms with Crippen LogP contribution < -0.4 is 10.6 Å². The highest BCUT2D eigenvalue weighted by Crippen LogP contribution is 2.15. The largest absolute Gasteiger partial charge is 0.328 e. The molecule has 0 fully saturated rings. The molecule has 0 radical (unpaired) electrons. The number of carbonyl (C=O) groups excluding carboxylic acids is 1. The molecule has 2 aromatic heterocycles. The highest BCUT2D eigenvalue weighted by molar-refractivity contribution is 6.30. The number of fused-ring (bicyclic) bond motifs is 1. The lowest BCUT2D eigenvalue weighted by Crippen LogP contribution is -2.32. The van der Waals surface area contributed by atoms with Gasteiger partial charge < -0.3 is 10.6 Å². The van der Waals surface area contributed by atoms with E-state index in [-0.39, 0.29) is 12.1 Å². The zero-order valence-corrected chi connectivity index (χ0v) is 12.6. The van der Waals surface area contributed by atoms with Crippen molar-refractivity contribution in [3.8, 4) is 0 Å². The molecule has 7 heteroatoms. The number of urea groups is 1. The van der Waals surface area contributed by atoms with Crippen molar-refractivity contribution in [3.05, 3.63) is 59.5 Å². The number of halogens is 1. The second-order valence-corrected chi connectivity index (χ2v) is 5.25. The smallest absolute Gasteiger partial charge is 0.319 e. The minimum atomic E-state index is -0.317. The van der Waals surface area contributed by atoms with Crippen LogP contribution in [0.3, 0.4) is 0 Å². The molecule has 1 unspecified atom stereocenters. The van der Waals surface area contributed by atoms with Crippen molar-refractivity contribution in [2.45, 2.75) is 13.0 Å². The number of hydrogen-bond acceptors (Lipinski definition) is 3. The Morgan fingerprint density at radius 2 is 1.95 bits per heavy atom. The molecule has 1 aromatic carbocycles. The van der Waals surface area contributed by atoms with E-state index in [1.54, 1.807) is 24.3 Å². The van der Waals surface area contributed by atoms with Crippen LogP contribution >= 0.6 is 11.6 Å². The fourth-order valence-corrected chi connectivity index (χ4v) is 2.24. The van der Waals surface area contributed by atoms with E-state index >= 15 is 0 Å². The molecule has 2 heterocycles. The van der Waals surface area contributed by atoms with Gasteiger partial charge in [-0.05, 0) is 43.3 Å². The first-order valence-corrected chi connectivity index (χ1v) is 7.14. The van der Waals surface area contributed by atoms with E-state index in [0.717, 1.165) is 5.65 Å². The lowest BCUT2D eigenvalue weighted by Gasteiger charge is -2.13. The van der Waals surface area contributed by atoms with Crippen LogP contribution in [0.1, 0.15) is 18.8 Å². The molecule has 6 nitrogen and oxygen atoms in total. The van der Waals surface area contributed by atoms with Gasteiger partial charge in [-0.25, -0.2) is 4.79 Å². The maximum atomic E-state index is 12.0. The maximum Gasteiger partial charge on any atom is 0.319 e. The number of nitrogens with one attached hydrogen (secondary N) is 2. The van der Waals surface area contributed by atoms with Crippen molar-refractivity contribution >= 4 is 29.0 Å². The Balaban J connectivity index is 1.69. The first-order chi connectivity index (χ1) is 10.6. The third-order valence-electron chi connectivity index (χ3n) is 3.18. The average Bonchev–Trinajstić information content (AvgIpc) is 2.93. The SMILES string of the molecule is CC(NC(=O)Nc1ccc(Cl)cc1)c1nnc2ccccn12. The summed E-state index contributed by atoms with van der Waals surface area (Å²) in [6.07, 6.45) is 1.86. The summed E-state index contributed by atoms with van der Waals surface area (Å²) < 4.78 is 1.84. The first-order valence-electron chi connectivity index (χ1n) is 6.76. The molecular formula is C15H14ClN5O. The van der Waals surface area contributed by atoms with Crippen LogP contribution in [0.5, 0.6) is 0 Å². The quantitative estimate of drug-likeness (QED) is 0.779. The van der Waals surface area contributed by atoms with Gasteiger partial charge in [0.1, 0.15) is 0 Å². The van der Waals surface area contributed by atoms with Gasteiger partial charge in [-0.1, -0.05) is 17.7 Å². The van der Waals surface area contributed by atoms with Crippen molar-refractivity contribution in [2.75, 3.05) is 5.32 Å². The van der Waals surface area contributed by atoms with Crippen LogP contribution in [-0.4, -0.2) is 20.6 Å². The molecule has 0 saturated heterocycles. The molecule has 0 aliphatic heterocycles. The Morgan fingerprint density at radius 3 is 2.73 bits per heavy atom. The number of nitrogens with zero attached hydrogens (tertiary/aromatic N) is 3. The van der Waals surface area contributed by atoms with Gasteiger partial charge in [-0.15, -0.1) is 10.2 Å². The van der Waals surface area contributed by atoms with Crippen molar-refractivity contribution in [1.29, 1.82) is 0 Å². The molecular weight excluding hydrogens is 302 g/mol. The summed E-state index contributed by atoms with van der Waals surface area (Å²) in [7, 11) is 0. The van der Waals surface area contributed by atoms with E-state index in [0.29, 0.717) is 16.5 Å². The third-order valence-corrected chi connectivity index (χ3v) is 3.43. The monoisotopic (exact) mass is 315 g/mol. The maximum absolute atomic E-state index is 12.0. The molecule has 3 aromatic rings. The first kappa shape index (κ1) is 14.3. The number of carbonyl (C=O) groups is 1. The Hall–Kier alpha value is -2.60. The second kappa shape index (κ2) is 6.03. The number of aromatic nitrogens is 3. The van der Waals surface area contributed by atoms with Crippen LogP contribution in [-0.2, 0) is 0 Å². The van der Waals surface area contributed by atoms with Crippen molar-refractivity contribution in [1.82, 2.24) is 19.9 Å². The molecule has 1 atom stereocenters. The summed E-state index contributed by atoms with van der Waals surface area (Å²) >= 11 is 5.81. The van der Waals surface area contributed by atoms with Crippen LogP contribution in [0.15, 0.2) is 48.7 Å². The van der Waals surface area contributed by atoms with E-state index in [1.807, 2.05) is 35.7 Å². The fourth-order valence-electron chi connectivity index (χ4n) is 2.12. The molecule has 0 spiro atoms. The van der Waals surface area contributed by atoms with Crippen molar-refractivity contribution < 1.29 is 4.79 Å². The minimum Gasteiger partial charge on any atom is -0.328 e. The molecule has 0 saturated carbocycles. The average molecular weight is 316 g/mol. The van der Waals surface area contributed by atoms with Crippen molar-refractivity contribution in [2.24, 2.45) is 0 Å². The van der Waals surface area contributed by atoms with Gasteiger partial charge in [0.05, 0.1) is 6.04 Å². The molecule has 22 heavy (non-hydrogen) atoms. The Kier molecular flexibility index (Phi) is 3.93. The standard InChI is InChI=1S/C15H14ClN5O/c1-10(14-20-19-13-4-2-3-9-21(13)14)17-15(22)18-12-7-5-11(16)6-8-12/h2-10H,1H3,(H2,17,18,22). The van der Waals surface area contributed by atoms with Gasteiger partial charge in [-0.2, -0.15) is 0 Å². The number of anilines is 1. The Morgan fingerprint density at radius 1 is 1.18 bits per heavy atom. The summed E-state index contributed by atoms with van der Waals surface area (Å²) in [5.74, 6) is 0.668. The Bertz CT molecular complexity index is 799. The Labute approximate surface area is 132 Å². The zero-order chi connectivity index (χ0) is 15.5. The predicted octanol–water partition coefficient (Wildman–Crippen LogP) is 3.27. The van der Waals surface area contributed by atoms with Crippen LogP contribution in [0, 0.1) is 0 Å². The molecule has 0 aliphatic rings. The van der Waals surface area contributed by atoms with E-state index in [2.05, 4.69) is 20.8 Å². The highest BCUT2D eigenvalue weighted by Gasteiger charge is 2.15. The van der Waals surface area contributed by atoms with E-state index in [4.69, 9.17) is 11.6 Å². The van der Waals surface area contributed by atoms with E-state index in [9.17, 15) is 4.79 Å². The predicted molar refractivity (Wildman–Crippen MR) is 85.0 cm³/mol. The van der Waals surface area contributed by atoms with Gasteiger partial charge in [-0.3, -0.25) is 4.40 Å². The van der Waals surface area contributed by atoms with Gasteiger partial charge in [0.25, 0.3) is 0 Å². The molecule has 112 valence electrons. The van der Waals surface area contributed by atoms with Crippen molar-refractivity contribution in [3.63, 3.8) is 0 Å². The van der Waals surface area contributed by atoms with Crippen LogP contribution in [0.25, 0.3) is 5.65 Å². The summed E-state index contributed by atoms with van der Waals surface area (Å²) in [6, 6.07) is 11.9. The third kappa shape index (κ3) is 3.01. The van der Waals surface area contributed by atoms with Crippen LogP contribution in [0.2, 0.25) is 5.02 Å². The molecule has 0 aliphatic carbocycles. The zero-order valence-electron chi connectivity index (χ0n) is 11.8. The molecule has 2 N–H and O–H groups in total. The number of pyridine rings is 1. The summed E-state index contributed by atoms with van der Waals surface area (Å²) in [5, 5.41) is 14.4. The number of hydrogen-bond donors (Lipinski definition) is 2. The lowest BCUT2D eigenvalue weighted by atomic mass is 10.3. The number of rotatable bonds is 3. The normalized spacial score (nSPS) is 12.1. The number of amides is 2. The van der Waals surface area contributed by atoms with Gasteiger partial charge >= 0.3 is 6.03 Å². The number of benzene rings is 1. The van der Waals surface area contributed by atoms with E-state index in [1.165, 1.54) is 0 Å². The summed E-state index contributed by atoms with van der Waals surface area (Å²) in [4.78, 5) is 12.0. The second-order valence-electron chi connectivity index (χ2n) is 4.81. The lowest BCUT2D eigenvalue weighted by molar-refractivity contribution is 0.249. The minimum absolute atomic E-state index is 0.287. The van der Waals surface area contributed by atoms with E-state index < -0.39 is 0 Å². The molecule has 2 amide bonds. The topological polar surface area (TPSA) is 71.3 Å². The molecule has 3 rings (SSSR count). The van der Waals surface area contributed by atoms with Gasteiger partial charge in [0.2, 0.25) is 0 Å². The molecule has 0 bridgehead atoms. The van der Waals surface area contributed by atoms with Crippen LogP contribution in [0.4, 0.5) is 10.5 Å².